The molecule has 0 aliphatic carbocycles. The first-order chi connectivity index (χ1) is 10.5. The van der Waals surface area contributed by atoms with Gasteiger partial charge in [0.25, 0.3) is 5.69 Å². The smallest absolute Gasteiger partial charge is 0.292 e. The quantitative estimate of drug-likeness (QED) is 0.652. The molecule has 0 atom stereocenters. The summed E-state index contributed by atoms with van der Waals surface area (Å²) in [4.78, 5) is 15.4. The van der Waals surface area contributed by atoms with Gasteiger partial charge < -0.3 is 9.88 Å². The molecule has 0 saturated heterocycles. The van der Waals surface area contributed by atoms with E-state index in [1.807, 2.05) is 23.9 Å². The molecule has 0 aliphatic rings. The number of aryl methyl sites for hydroxylation is 1. The molecule has 2 rings (SSSR count). The van der Waals surface area contributed by atoms with Gasteiger partial charge in [-0.3, -0.25) is 10.1 Å². The molecule has 6 nitrogen and oxygen atoms in total. The van der Waals surface area contributed by atoms with Crippen molar-refractivity contribution in [2.75, 3.05) is 12.4 Å². The first kappa shape index (κ1) is 16.0. The predicted octanol–water partition coefficient (Wildman–Crippen LogP) is 3.72. The van der Waals surface area contributed by atoms with Crippen molar-refractivity contribution in [2.45, 2.75) is 33.7 Å². The number of imidazole rings is 1. The molecular weight excluding hydrogens is 280 g/mol. The van der Waals surface area contributed by atoms with Gasteiger partial charge in [0.05, 0.1) is 22.6 Å². The Bertz CT molecular complexity index is 677. The van der Waals surface area contributed by atoms with Crippen LogP contribution in [0.1, 0.15) is 26.5 Å². The number of nitro groups is 1. The van der Waals surface area contributed by atoms with Crippen molar-refractivity contribution in [3.8, 4) is 11.3 Å². The highest BCUT2D eigenvalue weighted by atomic mass is 16.6. The monoisotopic (exact) mass is 302 g/mol. The summed E-state index contributed by atoms with van der Waals surface area (Å²) < 4.78 is 2.04. The third-order valence-electron chi connectivity index (χ3n) is 3.59. The third kappa shape index (κ3) is 3.10. The van der Waals surface area contributed by atoms with E-state index in [-0.39, 0.29) is 10.6 Å². The zero-order valence-electron chi connectivity index (χ0n) is 13.5. The SMILES string of the molecule is CCn1cnc(CC(C)C)c1-c1ccc(NC)c([N+](=O)[O-])c1. The third-order valence-corrected chi connectivity index (χ3v) is 3.59. The van der Waals surface area contributed by atoms with Gasteiger partial charge in [0, 0.05) is 25.2 Å². The van der Waals surface area contributed by atoms with Crippen molar-refractivity contribution in [2.24, 2.45) is 5.92 Å². The topological polar surface area (TPSA) is 73.0 Å². The minimum atomic E-state index is -0.357. The molecule has 1 aromatic carbocycles. The van der Waals surface area contributed by atoms with Crippen molar-refractivity contribution >= 4 is 11.4 Å². The highest BCUT2D eigenvalue weighted by Gasteiger charge is 2.19. The predicted molar refractivity (Wildman–Crippen MR) is 88.1 cm³/mol. The van der Waals surface area contributed by atoms with Gasteiger partial charge in [0.1, 0.15) is 5.69 Å². The number of nitrogens with zero attached hydrogens (tertiary/aromatic N) is 3. The Hall–Kier alpha value is -2.37. The zero-order chi connectivity index (χ0) is 16.3. The molecule has 0 aliphatic heterocycles. The number of hydrogen-bond donors (Lipinski definition) is 1. The van der Waals surface area contributed by atoms with Crippen LogP contribution in [-0.4, -0.2) is 21.5 Å². The average molecular weight is 302 g/mol. The molecule has 0 spiro atoms. The van der Waals surface area contributed by atoms with Crippen LogP contribution < -0.4 is 5.32 Å². The van der Waals surface area contributed by atoms with Crippen LogP contribution in [0.5, 0.6) is 0 Å². The van der Waals surface area contributed by atoms with Crippen LogP contribution in [0.3, 0.4) is 0 Å². The highest BCUT2D eigenvalue weighted by molar-refractivity contribution is 5.73. The molecule has 1 aromatic heterocycles. The van der Waals surface area contributed by atoms with E-state index in [0.29, 0.717) is 11.6 Å². The standard InChI is InChI=1S/C16H22N4O2/c1-5-19-10-18-14(8-11(2)3)16(19)12-6-7-13(17-4)15(9-12)20(21)22/h6-7,9-11,17H,5,8H2,1-4H3. The summed E-state index contributed by atoms with van der Waals surface area (Å²) in [6.07, 6.45) is 2.66. The van der Waals surface area contributed by atoms with Crippen LogP contribution >= 0.6 is 0 Å². The van der Waals surface area contributed by atoms with Gasteiger partial charge in [-0.05, 0) is 25.3 Å². The van der Waals surface area contributed by atoms with Gasteiger partial charge in [-0.15, -0.1) is 0 Å². The molecule has 118 valence electrons. The molecule has 6 heteroatoms. The lowest BCUT2D eigenvalue weighted by atomic mass is 10.0. The van der Waals surface area contributed by atoms with Gasteiger partial charge in [-0.2, -0.15) is 0 Å². The molecule has 0 unspecified atom stereocenters. The second kappa shape index (κ2) is 6.60. The van der Waals surface area contributed by atoms with Crippen LogP contribution in [0, 0.1) is 16.0 Å². The van der Waals surface area contributed by atoms with E-state index in [0.717, 1.165) is 29.9 Å². The minimum Gasteiger partial charge on any atom is -0.383 e. The molecule has 0 amide bonds. The van der Waals surface area contributed by atoms with Crippen LogP contribution in [0.4, 0.5) is 11.4 Å². The fourth-order valence-corrected chi connectivity index (χ4v) is 2.57. The molecule has 1 heterocycles. The second-order valence-corrected chi connectivity index (χ2v) is 5.66. The second-order valence-electron chi connectivity index (χ2n) is 5.66. The number of anilines is 1. The molecule has 1 N–H and O–H groups in total. The fourth-order valence-electron chi connectivity index (χ4n) is 2.57. The number of benzene rings is 1. The molecule has 0 fully saturated rings. The molecule has 0 saturated carbocycles. The molecular formula is C16H22N4O2. The van der Waals surface area contributed by atoms with Crippen molar-refractivity contribution in [3.63, 3.8) is 0 Å². The molecule has 22 heavy (non-hydrogen) atoms. The first-order valence-electron chi connectivity index (χ1n) is 7.48. The van der Waals surface area contributed by atoms with Gasteiger partial charge in [-0.1, -0.05) is 19.9 Å². The Morgan fingerprint density at radius 3 is 2.68 bits per heavy atom. The number of aromatic nitrogens is 2. The summed E-state index contributed by atoms with van der Waals surface area (Å²) in [6.45, 7) is 7.10. The minimum absolute atomic E-state index is 0.0827. The van der Waals surface area contributed by atoms with Gasteiger partial charge in [-0.25, -0.2) is 4.98 Å². The summed E-state index contributed by atoms with van der Waals surface area (Å²) in [5.41, 5.74) is 3.40. The van der Waals surface area contributed by atoms with E-state index >= 15 is 0 Å². The van der Waals surface area contributed by atoms with E-state index in [1.165, 1.54) is 0 Å². The maximum absolute atomic E-state index is 11.3. The van der Waals surface area contributed by atoms with Crippen molar-refractivity contribution in [3.05, 3.63) is 40.3 Å². The van der Waals surface area contributed by atoms with Gasteiger partial charge in [0.2, 0.25) is 0 Å². The summed E-state index contributed by atoms with van der Waals surface area (Å²) in [7, 11) is 1.68. The van der Waals surface area contributed by atoms with E-state index in [2.05, 4.69) is 24.1 Å². The Morgan fingerprint density at radius 2 is 2.14 bits per heavy atom. The Kier molecular flexibility index (Phi) is 4.80. The maximum atomic E-state index is 11.3. The van der Waals surface area contributed by atoms with E-state index < -0.39 is 0 Å². The summed E-state index contributed by atoms with van der Waals surface area (Å²) in [5, 5.41) is 14.1. The number of nitro benzene ring substituents is 1. The van der Waals surface area contributed by atoms with Gasteiger partial charge >= 0.3 is 0 Å². The summed E-state index contributed by atoms with van der Waals surface area (Å²) in [6, 6.07) is 5.28. The lowest BCUT2D eigenvalue weighted by molar-refractivity contribution is -0.383. The van der Waals surface area contributed by atoms with Crippen LogP contribution in [-0.2, 0) is 13.0 Å². The lowest BCUT2D eigenvalue weighted by Gasteiger charge is -2.11. The van der Waals surface area contributed by atoms with E-state index in [9.17, 15) is 10.1 Å². The number of rotatable bonds is 6. The van der Waals surface area contributed by atoms with Gasteiger partial charge in [0.15, 0.2) is 0 Å². The summed E-state index contributed by atoms with van der Waals surface area (Å²) >= 11 is 0. The van der Waals surface area contributed by atoms with Crippen LogP contribution in [0.2, 0.25) is 0 Å². The van der Waals surface area contributed by atoms with Crippen LogP contribution in [0.25, 0.3) is 11.3 Å². The molecule has 0 radical (unpaired) electrons. The largest absolute Gasteiger partial charge is 0.383 e. The molecule has 2 aromatic rings. The van der Waals surface area contributed by atoms with E-state index in [1.54, 1.807) is 19.2 Å². The maximum Gasteiger partial charge on any atom is 0.292 e. The lowest BCUT2D eigenvalue weighted by Crippen LogP contribution is -2.02. The molecule has 0 bridgehead atoms. The average Bonchev–Trinajstić information content (AvgIpc) is 2.88. The Morgan fingerprint density at radius 1 is 1.41 bits per heavy atom. The number of hydrogen-bond acceptors (Lipinski definition) is 4. The normalized spacial score (nSPS) is 11.0. The number of nitrogens with one attached hydrogen (secondary N) is 1. The summed E-state index contributed by atoms with van der Waals surface area (Å²) in [5.74, 6) is 0.477. The Balaban J connectivity index is 2.58. The van der Waals surface area contributed by atoms with Crippen LogP contribution in [0.15, 0.2) is 24.5 Å². The van der Waals surface area contributed by atoms with Crippen molar-refractivity contribution in [1.82, 2.24) is 9.55 Å². The van der Waals surface area contributed by atoms with E-state index in [4.69, 9.17) is 0 Å². The first-order valence-corrected chi connectivity index (χ1v) is 7.48. The Labute approximate surface area is 130 Å². The van der Waals surface area contributed by atoms with Crippen molar-refractivity contribution < 1.29 is 4.92 Å². The zero-order valence-corrected chi connectivity index (χ0v) is 13.5. The fraction of sp³-hybridized carbons (Fsp3) is 0.438. The van der Waals surface area contributed by atoms with Crippen molar-refractivity contribution in [1.29, 1.82) is 0 Å². The highest BCUT2D eigenvalue weighted by Crippen LogP contribution is 2.32.